The zero-order valence-electron chi connectivity index (χ0n) is 11.9. The summed E-state index contributed by atoms with van der Waals surface area (Å²) in [6.45, 7) is 1.98. The van der Waals surface area contributed by atoms with E-state index < -0.39 is 0 Å². The normalized spacial score (nSPS) is 12.3. The molecule has 0 fully saturated rings. The number of pyridine rings is 1. The van der Waals surface area contributed by atoms with Gasteiger partial charge in [0.2, 0.25) is 0 Å². The summed E-state index contributed by atoms with van der Waals surface area (Å²) in [6.07, 6.45) is 1.63. The van der Waals surface area contributed by atoms with E-state index in [-0.39, 0.29) is 11.9 Å². The van der Waals surface area contributed by atoms with Crippen LogP contribution in [0.1, 0.15) is 28.5 Å². The predicted octanol–water partition coefficient (Wildman–Crippen LogP) is 3.52. The molecule has 1 aromatic carbocycles. The van der Waals surface area contributed by atoms with Crippen molar-refractivity contribution in [3.8, 4) is 0 Å². The zero-order valence-corrected chi connectivity index (χ0v) is 12.7. The molecule has 0 N–H and O–H groups in total. The lowest BCUT2D eigenvalue weighted by molar-refractivity contribution is 0.0736. The smallest absolute Gasteiger partial charge is 0.272 e. The van der Waals surface area contributed by atoms with Crippen LogP contribution >= 0.6 is 11.3 Å². The molecule has 3 aromatic rings. The van der Waals surface area contributed by atoms with E-state index in [9.17, 15) is 4.79 Å². The number of carbonyl (C=O) groups excluding carboxylic acids is 1. The van der Waals surface area contributed by atoms with Crippen molar-refractivity contribution in [1.82, 2.24) is 14.9 Å². The number of hydrogen-bond donors (Lipinski definition) is 0. The van der Waals surface area contributed by atoms with E-state index in [4.69, 9.17) is 0 Å². The monoisotopic (exact) mass is 297 g/mol. The third-order valence-corrected chi connectivity index (χ3v) is 4.66. The van der Waals surface area contributed by atoms with Crippen LogP contribution in [0.4, 0.5) is 0 Å². The standard InChI is InChI=1S/C16H15N3OS/c1-11(15-18-12-7-3-4-9-14(12)21-15)19(2)16(20)13-8-5-6-10-17-13/h3-11H,1-2H3. The van der Waals surface area contributed by atoms with E-state index in [1.54, 1.807) is 41.6 Å². The van der Waals surface area contributed by atoms with Gasteiger partial charge in [0.05, 0.1) is 16.3 Å². The molecule has 0 saturated carbocycles. The average molecular weight is 297 g/mol. The lowest BCUT2D eigenvalue weighted by atomic mass is 10.2. The molecule has 0 aliphatic carbocycles. The number of amides is 1. The topological polar surface area (TPSA) is 46.1 Å². The van der Waals surface area contributed by atoms with Crippen LogP contribution in [0.15, 0.2) is 48.7 Å². The Balaban J connectivity index is 1.87. The van der Waals surface area contributed by atoms with E-state index in [0.29, 0.717) is 5.69 Å². The summed E-state index contributed by atoms with van der Waals surface area (Å²) in [6, 6.07) is 13.3. The molecule has 0 saturated heterocycles. The van der Waals surface area contributed by atoms with E-state index in [0.717, 1.165) is 15.2 Å². The first-order chi connectivity index (χ1) is 10.2. The van der Waals surface area contributed by atoms with Crippen molar-refractivity contribution in [2.45, 2.75) is 13.0 Å². The summed E-state index contributed by atoms with van der Waals surface area (Å²) >= 11 is 1.62. The van der Waals surface area contributed by atoms with E-state index >= 15 is 0 Å². The molecule has 0 spiro atoms. The van der Waals surface area contributed by atoms with Crippen LogP contribution in [-0.2, 0) is 0 Å². The van der Waals surface area contributed by atoms with E-state index in [1.165, 1.54) is 0 Å². The molecule has 0 bridgehead atoms. The minimum absolute atomic E-state index is 0.0862. The molecule has 3 rings (SSSR count). The fraction of sp³-hybridized carbons (Fsp3) is 0.188. The van der Waals surface area contributed by atoms with Crippen molar-refractivity contribution in [3.05, 3.63) is 59.4 Å². The van der Waals surface area contributed by atoms with Crippen LogP contribution in [0.5, 0.6) is 0 Å². The highest BCUT2D eigenvalue weighted by atomic mass is 32.1. The number of fused-ring (bicyclic) bond motifs is 1. The molecule has 0 radical (unpaired) electrons. The lowest BCUT2D eigenvalue weighted by Crippen LogP contribution is -2.30. The number of thiazole rings is 1. The molecule has 5 heteroatoms. The summed E-state index contributed by atoms with van der Waals surface area (Å²) in [4.78, 5) is 22.8. The molecule has 2 aromatic heterocycles. The van der Waals surface area contributed by atoms with Crippen molar-refractivity contribution in [1.29, 1.82) is 0 Å². The van der Waals surface area contributed by atoms with Gasteiger partial charge in [-0.25, -0.2) is 4.98 Å². The first-order valence-corrected chi connectivity index (χ1v) is 7.52. The molecule has 21 heavy (non-hydrogen) atoms. The first kappa shape index (κ1) is 13.7. The summed E-state index contributed by atoms with van der Waals surface area (Å²) in [5.41, 5.74) is 1.43. The first-order valence-electron chi connectivity index (χ1n) is 6.70. The molecule has 1 atom stereocenters. The van der Waals surface area contributed by atoms with Crippen LogP contribution in [0, 0.1) is 0 Å². The minimum Gasteiger partial charge on any atom is -0.331 e. The van der Waals surface area contributed by atoms with Gasteiger partial charge in [0.15, 0.2) is 0 Å². The van der Waals surface area contributed by atoms with Crippen LogP contribution < -0.4 is 0 Å². The van der Waals surface area contributed by atoms with Crippen LogP contribution in [0.25, 0.3) is 10.2 Å². The maximum absolute atomic E-state index is 12.4. The van der Waals surface area contributed by atoms with Crippen LogP contribution in [0.3, 0.4) is 0 Å². The number of carbonyl (C=O) groups is 1. The largest absolute Gasteiger partial charge is 0.331 e. The van der Waals surface area contributed by atoms with E-state index in [1.807, 2.05) is 37.3 Å². The molecule has 1 unspecified atom stereocenters. The molecule has 0 aliphatic heterocycles. The maximum Gasteiger partial charge on any atom is 0.272 e. The Morgan fingerprint density at radius 3 is 2.67 bits per heavy atom. The highest BCUT2D eigenvalue weighted by molar-refractivity contribution is 7.18. The second-order valence-corrected chi connectivity index (χ2v) is 5.89. The summed E-state index contributed by atoms with van der Waals surface area (Å²) in [5.74, 6) is -0.0950. The van der Waals surface area contributed by atoms with Crippen LogP contribution in [0.2, 0.25) is 0 Å². The van der Waals surface area contributed by atoms with Crippen molar-refractivity contribution in [3.63, 3.8) is 0 Å². The summed E-state index contributed by atoms with van der Waals surface area (Å²) in [5, 5.41) is 0.933. The van der Waals surface area contributed by atoms with Crippen molar-refractivity contribution in [2.24, 2.45) is 0 Å². The highest BCUT2D eigenvalue weighted by Crippen LogP contribution is 2.29. The molecule has 0 aliphatic rings. The number of para-hydroxylation sites is 1. The lowest BCUT2D eigenvalue weighted by Gasteiger charge is -2.22. The fourth-order valence-electron chi connectivity index (χ4n) is 2.08. The second-order valence-electron chi connectivity index (χ2n) is 4.83. The Kier molecular flexibility index (Phi) is 3.66. The predicted molar refractivity (Wildman–Crippen MR) is 84.4 cm³/mol. The Hall–Kier alpha value is -2.27. The summed E-state index contributed by atoms with van der Waals surface area (Å²) < 4.78 is 1.14. The number of benzene rings is 1. The second kappa shape index (κ2) is 5.61. The van der Waals surface area contributed by atoms with Gasteiger partial charge in [-0.2, -0.15) is 0 Å². The Morgan fingerprint density at radius 1 is 1.19 bits per heavy atom. The van der Waals surface area contributed by atoms with Gasteiger partial charge in [-0.3, -0.25) is 9.78 Å². The molecular weight excluding hydrogens is 282 g/mol. The van der Waals surface area contributed by atoms with Gasteiger partial charge in [0.1, 0.15) is 10.7 Å². The minimum atomic E-state index is -0.0950. The number of rotatable bonds is 3. The summed E-state index contributed by atoms with van der Waals surface area (Å²) in [7, 11) is 1.79. The van der Waals surface area contributed by atoms with E-state index in [2.05, 4.69) is 9.97 Å². The molecule has 2 heterocycles. The Morgan fingerprint density at radius 2 is 1.95 bits per heavy atom. The third-order valence-electron chi connectivity index (χ3n) is 3.45. The van der Waals surface area contributed by atoms with Crippen molar-refractivity contribution in [2.75, 3.05) is 7.05 Å². The van der Waals surface area contributed by atoms with Crippen LogP contribution in [-0.4, -0.2) is 27.8 Å². The number of hydrogen-bond acceptors (Lipinski definition) is 4. The van der Waals surface area contributed by atoms with Gasteiger partial charge in [-0.15, -0.1) is 11.3 Å². The average Bonchev–Trinajstić information content (AvgIpc) is 2.97. The van der Waals surface area contributed by atoms with Gasteiger partial charge >= 0.3 is 0 Å². The molecular formula is C16H15N3OS. The quantitative estimate of drug-likeness (QED) is 0.743. The van der Waals surface area contributed by atoms with Gasteiger partial charge in [-0.05, 0) is 31.2 Å². The Bertz CT molecular complexity index is 736. The molecule has 1 amide bonds. The SMILES string of the molecule is CC(c1nc2ccccc2s1)N(C)C(=O)c1ccccn1. The van der Waals surface area contributed by atoms with Gasteiger partial charge in [0, 0.05) is 13.2 Å². The zero-order chi connectivity index (χ0) is 14.8. The maximum atomic E-state index is 12.4. The number of nitrogens with zero attached hydrogens (tertiary/aromatic N) is 3. The highest BCUT2D eigenvalue weighted by Gasteiger charge is 2.22. The third kappa shape index (κ3) is 2.64. The molecule has 4 nitrogen and oxygen atoms in total. The van der Waals surface area contributed by atoms with Crippen molar-refractivity contribution < 1.29 is 4.79 Å². The van der Waals surface area contributed by atoms with Gasteiger partial charge in [0.25, 0.3) is 5.91 Å². The number of aromatic nitrogens is 2. The Labute approximate surface area is 127 Å². The fourth-order valence-corrected chi connectivity index (χ4v) is 3.14. The van der Waals surface area contributed by atoms with Gasteiger partial charge < -0.3 is 4.90 Å². The van der Waals surface area contributed by atoms with Crippen molar-refractivity contribution >= 4 is 27.5 Å². The molecule has 106 valence electrons. The van der Waals surface area contributed by atoms with Gasteiger partial charge in [-0.1, -0.05) is 18.2 Å².